The molecule has 24 heavy (non-hydrogen) atoms. The second-order valence-electron chi connectivity index (χ2n) is 6.86. The van der Waals surface area contributed by atoms with Crippen LogP contribution in [0.4, 0.5) is 0 Å². The summed E-state index contributed by atoms with van der Waals surface area (Å²) >= 11 is 7.48. The van der Waals surface area contributed by atoms with Crippen molar-refractivity contribution in [3.05, 3.63) is 56.8 Å². The Balaban J connectivity index is 1.45. The van der Waals surface area contributed by atoms with E-state index >= 15 is 0 Å². The molecule has 0 spiro atoms. The minimum Gasteiger partial charge on any atom is -0.358 e. The van der Waals surface area contributed by atoms with Crippen molar-refractivity contribution in [1.29, 1.82) is 0 Å². The van der Waals surface area contributed by atoms with Gasteiger partial charge >= 0.3 is 0 Å². The molecule has 0 N–H and O–H groups in total. The molecule has 0 saturated carbocycles. The van der Waals surface area contributed by atoms with Gasteiger partial charge < -0.3 is 9.80 Å². The van der Waals surface area contributed by atoms with Crippen LogP contribution in [0.15, 0.2) is 29.0 Å². The molecule has 1 aromatic carbocycles. The van der Waals surface area contributed by atoms with Crippen LogP contribution in [0.5, 0.6) is 0 Å². The summed E-state index contributed by atoms with van der Waals surface area (Å²) in [7, 11) is 2.22. The first-order chi connectivity index (χ1) is 11.5. The van der Waals surface area contributed by atoms with Gasteiger partial charge in [0.2, 0.25) is 0 Å². The van der Waals surface area contributed by atoms with Gasteiger partial charge in [-0.25, -0.2) is 0 Å². The molecule has 0 amide bonds. The van der Waals surface area contributed by atoms with Gasteiger partial charge in [-0.15, -0.1) is 0 Å². The van der Waals surface area contributed by atoms with Crippen LogP contribution in [0.3, 0.4) is 0 Å². The lowest BCUT2D eigenvalue weighted by molar-refractivity contribution is 0.310. The maximum absolute atomic E-state index is 5.70. The lowest BCUT2D eigenvalue weighted by Crippen LogP contribution is -2.29. The third kappa shape index (κ3) is 4.05. The molecule has 0 atom stereocenters. The maximum Gasteiger partial charge on any atom is 0.109 e. The van der Waals surface area contributed by atoms with Gasteiger partial charge in [0.15, 0.2) is 0 Å². The first-order valence-electron chi connectivity index (χ1n) is 8.63. The number of hydrogen-bond acceptors (Lipinski definition) is 3. The zero-order valence-corrected chi connectivity index (χ0v) is 16.5. The van der Waals surface area contributed by atoms with E-state index in [4.69, 9.17) is 12.2 Å². The first-order valence-corrected chi connectivity index (χ1v) is 9.98. The normalized spacial score (nSPS) is 13.8. The highest BCUT2D eigenvalue weighted by molar-refractivity contribution is 7.80. The summed E-state index contributed by atoms with van der Waals surface area (Å²) in [6, 6.07) is 6.80. The van der Waals surface area contributed by atoms with E-state index in [1.807, 2.05) is 0 Å². The largest absolute Gasteiger partial charge is 0.358 e. The summed E-state index contributed by atoms with van der Waals surface area (Å²) in [6.07, 6.45) is 2.30. The molecule has 0 bridgehead atoms. The Morgan fingerprint density at radius 2 is 2.00 bits per heavy atom. The van der Waals surface area contributed by atoms with Gasteiger partial charge in [0.05, 0.1) is 0 Å². The van der Waals surface area contributed by atoms with Gasteiger partial charge in [0, 0.05) is 25.2 Å². The topological polar surface area (TPSA) is 6.48 Å². The Morgan fingerprint density at radius 1 is 1.21 bits per heavy atom. The highest BCUT2D eigenvalue weighted by Gasteiger charge is 2.24. The zero-order valence-electron chi connectivity index (χ0n) is 14.8. The third-order valence-electron chi connectivity index (χ3n) is 4.93. The Morgan fingerprint density at radius 3 is 2.75 bits per heavy atom. The lowest BCUT2D eigenvalue weighted by atomic mass is 10.0. The highest BCUT2D eigenvalue weighted by atomic mass is 32.1. The molecule has 0 fully saturated rings. The van der Waals surface area contributed by atoms with Crippen molar-refractivity contribution >= 4 is 28.5 Å². The average molecular weight is 359 g/mol. The van der Waals surface area contributed by atoms with Crippen molar-refractivity contribution in [2.24, 2.45) is 0 Å². The van der Waals surface area contributed by atoms with Crippen molar-refractivity contribution in [2.45, 2.75) is 33.2 Å². The molecule has 0 unspecified atom stereocenters. The number of hydrogen-bond donors (Lipinski definition) is 0. The summed E-state index contributed by atoms with van der Waals surface area (Å²) in [4.78, 5) is 5.83. The Hall–Kier alpha value is -1.23. The van der Waals surface area contributed by atoms with Crippen molar-refractivity contribution in [2.75, 3.05) is 26.7 Å². The van der Waals surface area contributed by atoms with Gasteiger partial charge in [0.1, 0.15) is 4.99 Å². The fourth-order valence-electron chi connectivity index (χ4n) is 3.23. The number of fused-ring (bicyclic) bond motifs is 1. The number of likely N-dealkylation sites (N-methyl/N-ethyl adjacent to an activating group) is 1. The highest BCUT2D eigenvalue weighted by Crippen LogP contribution is 2.26. The van der Waals surface area contributed by atoms with Crippen LogP contribution in [0, 0.1) is 13.8 Å². The number of thiocarbonyl (C=S) groups is 1. The van der Waals surface area contributed by atoms with Crippen LogP contribution in [-0.4, -0.2) is 41.5 Å². The van der Waals surface area contributed by atoms with Gasteiger partial charge in [-0.1, -0.05) is 18.3 Å². The molecule has 2 aromatic rings. The second kappa shape index (κ2) is 7.77. The number of benzene rings is 1. The number of aryl methyl sites for hydroxylation is 2. The van der Waals surface area contributed by atoms with Gasteiger partial charge in [-0.2, -0.15) is 11.3 Å². The monoisotopic (exact) mass is 358 g/mol. The van der Waals surface area contributed by atoms with E-state index in [9.17, 15) is 0 Å². The molecule has 128 valence electrons. The van der Waals surface area contributed by atoms with E-state index in [-0.39, 0.29) is 0 Å². The SMILES string of the molecule is Cc1cc2c(cc1C)C(=S)N(CCCN(C)CCc1ccsc1)C2. The van der Waals surface area contributed by atoms with Gasteiger partial charge in [0.25, 0.3) is 0 Å². The fourth-order valence-corrected chi connectivity index (χ4v) is 4.28. The van der Waals surface area contributed by atoms with E-state index in [2.05, 4.69) is 59.7 Å². The minimum atomic E-state index is 0.980. The van der Waals surface area contributed by atoms with Gasteiger partial charge in [-0.3, -0.25) is 0 Å². The molecule has 3 rings (SSSR count). The van der Waals surface area contributed by atoms with Crippen molar-refractivity contribution in [3.63, 3.8) is 0 Å². The number of nitrogens with zero attached hydrogens (tertiary/aromatic N) is 2. The molecule has 0 radical (unpaired) electrons. The van der Waals surface area contributed by atoms with E-state index in [0.29, 0.717) is 0 Å². The van der Waals surface area contributed by atoms with Crippen LogP contribution in [0.25, 0.3) is 0 Å². The molecule has 4 heteroatoms. The minimum absolute atomic E-state index is 0.980. The van der Waals surface area contributed by atoms with Crippen molar-refractivity contribution in [3.8, 4) is 0 Å². The summed E-state index contributed by atoms with van der Waals surface area (Å²) in [6.45, 7) is 8.63. The molecule has 1 aliphatic heterocycles. The number of thiophene rings is 1. The lowest BCUT2D eigenvalue weighted by Gasteiger charge is -2.21. The molecular formula is C20H26N2S2. The molecule has 2 nitrogen and oxygen atoms in total. The van der Waals surface area contributed by atoms with Crippen molar-refractivity contribution in [1.82, 2.24) is 9.80 Å². The molecule has 2 heterocycles. The Bertz CT molecular complexity index is 707. The van der Waals surface area contributed by atoms with Crippen molar-refractivity contribution < 1.29 is 0 Å². The average Bonchev–Trinajstić information content (AvgIpc) is 3.16. The van der Waals surface area contributed by atoms with Crippen LogP contribution >= 0.6 is 23.6 Å². The zero-order chi connectivity index (χ0) is 17.1. The summed E-state index contributed by atoms with van der Waals surface area (Å²) in [5.74, 6) is 0. The number of rotatable bonds is 7. The standard InChI is InChI=1S/C20H26N2S2/c1-15-11-18-13-22(20(23)19(18)12-16(15)2)8-4-7-21(3)9-5-17-6-10-24-14-17/h6,10-12,14H,4-5,7-9,13H2,1-3H3. The van der Waals surface area contributed by atoms with E-state index in [0.717, 1.165) is 44.0 Å². The predicted octanol–water partition coefficient (Wildman–Crippen LogP) is 4.42. The fraction of sp³-hybridized carbons (Fsp3) is 0.450. The van der Waals surface area contributed by atoms with Crippen LogP contribution < -0.4 is 0 Å². The third-order valence-corrected chi connectivity index (χ3v) is 6.14. The van der Waals surface area contributed by atoms with Crippen LogP contribution in [-0.2, 0) is 13.0 Å². The maximum atomic E-state index is 5.70. The first kappa shape index (κ1) is 17.6. The summed E-state index contributed by atoms with van der Waals surface area (Å²) in [5, 5.41) is 4.41. The second-order valence-corrected chi connectivity index (χ2v) is 8.03. The van der Waals surface area contributed by atoms with Gasteiger partial charge in [-0.05, 0) is 85.4 Å². The molecule has 1 aromatic heterocycles. The molecule has 0 aliphatic carbocycles. The molecule has 0 saturated heterocycles. The van der Waals surface area contributed by atoms with E-state index < -0.39 is 0 Å². The molecule has 1 aliphatic rings. The predicted molar refractivity (Wildman–Crippen MR) is 108 cm³/mol. The summed E-state index contributed by atoms with van der Waals surface area (Å²) < 4.78 is 0. The molecular weight excluding hydrogens is 332 g/mol. The smallest absolute Gasteiger partial charge is 0.109 e. The quantitative estimate of drug-likeness (QED) is 0.677. The van der Waals surface area contributed by atoms with Crippen LogP contribution in [0.1, 0.15) is 34.2 Å². The van der Waals surface area contributed by atoms with Crippen LogP contribution in [0.2, 0.25) is 0 Å². The van der Waals surface area contributed by atoms with E-state index in [1.54, 1.807) is 11.3 Å². The summed E-state index contributed by atoms with van der Waals surface area (Å²) in [5.41, 5.74) is 6.83. The Kier molecular flexibility index (Phi) is 5.69. The van der Waals surface area contributed by atoms with E-state index in [1.165, 1.54) is 27.8 Å². The Labute approximate surface area is 155 Å².